The minimum atomic E-state index is -3.41. The molecule has 6 nitrogen and oxygen atoms in total. The Morgan fingerprint density at radius 1 is 1.17 bits per heavy atom. The maximum Gasteiger partial charge on any atom is 0.243 e. The SMILES string of the molecule is CC(Cc1nc(-c2ccc(S(=O)(=O)N3CCCCC3)cc2)cs1)n1cc(Cl)cn1. The standard InChI is InChI=1S/C20H23ClN4O2S2/c1-15(25-13-17(21)12-22-25)11-20-23-19(14-28-20)16-5-7-18(8-6-16)29(26,27)24-9-3-2-4-10-24/h5-8,12-15H,2-4,9-11H2,1H3. The van der Waals surface area contributed by atoms with Gasteiger partial charge in [-0.2, -0.15) is 9.40 Å². The zero-order chi connectivity index (χ0) is 20.4. The van der Waals surface area contributed by atoms with Crippen LogP contribution in [-0.2, 0) is 16.4 Å². The molecule has 1 aromatic carbocycles. The molecule has 0 radical (unpaired) electrons. The van der Waals surface area contributed by atoms with Crippen molar-refractivity contribution in [3.8, 4) is 11.3 Å². The van der Waals surface area contributed by atoms with Crippen LogP contribution in [0.4, 0.5) is 0 Å². The second-order valence-corrected chi connectivity index (χ2v) is 10.6. The van der Waals surface area contributed by atoms with Crippen molar-refractivity contribution in [2.75, 3.05) is 13.1 Å². The molecule has 154 valence electrons. The van der Waals surface area contributed by atoms with E-state index in [1.54, 1.807) is 34.0 Å². The third kappa shape index (κ3) is 4.55. The number of thiazole rings is 1. The number of aromatic nitrogens is 3. The minimum Gasteiger partial charge on any atom is -0.268 e. The molecule has 9 heteroatoms. The highest BCUT2D eigenvalue weighted by atomic mass is 35.5. The van der Waals surface area contributed by atoms with Crippen LogP contribution in [0.15, 0.2) is 46.9 Å². The zero-order valence-corrected chi connectivity index (χ0v) is 18.6. The Bertz CT molecular complexity index is 1070. The van der Waals surface area contributed by atoms with E-state index in [-0.39, 0.29) is 6.04 Å². The van der Waals surface area contributed by atoms with Crippen LogP contribution >= 0.6 is 22.9 Å². The van der Waals surface area contributed by atoms with Crippen molar-refractivity contribution in [2.45, 2.75) is 43.5 Å². The van der Waals surface area contributed by atoms with Crippen molar-refractivity contribution in [1.29, 1.82) is 0 Å². The molecule has 0 spiro atoms. The highest BCUT2D eigenvalue weighted by Gasteiger charge is 2.25. The monoisotopic (exact) mass is 450 g/mol. The van der Waals surface area contributed by atoms with Crippen LogP contribution in [0.2, 0.25) is 5.02 Å². The Balaban J connectivity index is 1.47. The first-order chi connectivity index (χ1) is 13.9. The quantitative estimate of drug-likeness (QED) is 0.548. The predicted molar refractivity (Wildman–Crippen MR) is 116 cm³/mol. The van der Waals surface area contributed by atoms with Crippen LogP contribution in [0.25, 0.3) is 11.3 Å². The fourth-order valence-corrected chi connectivity index (χ4v) is 6.08. The van der Waals surface area contributed by atoms with Gasteiger partial charge in [0.05, 0.1) is 32.9 Å². The number of halogens is 1. The second kappa shape index (κ2) is 8.55. The number of rotatable bonds is 6. The summed E-state index contributed by atoms with van der Waals surface area (Å²) in [6.45, 7) is 3.29. The Hall–Kier alpha value is -1.74. The van der Waals surface area contributed by atoms with Gasteiger partial charge in [-0.25, -0.2) is 13.4 Å². The number of hydrogen-bond donors (Lipinski definition) is 0. The summed E-state index contributed by atoms with van der Waals surface area (Å²) in [5.74, 6) is 0. The van der Waals surface area contributed by atoms with Crippen LogP contribution in [0.1, 0.15) is 37.2 Å². The lowest BCUT2D eigenvalue weighted by molar-refractivity contribution is 0.346. The van der Waals surface area contributed by atoms with Gasteiger partial charge in [0, 0.05) is 36.7 Å². The van der Waals surface area contributed by atoms with Crippen molar-refractivity contribution >= 4 is 33.0 Å². The van der Waals surface area contributed by atoms with Gasteiger partial charge in [-0.1, -0.05) is 30.2 Å². The third-order valence-electron chi connectivity index (χ3n) is 5.15. The van der Waals surface area contributed by atoms with E-state index in [2.05, 4.69) is 12.0 Å². The van der Waals surface area contributed by atoms with E-state index in [0.717, 1.165) is 41.9 Å². The van der Waals surface area contributed by atoms with Crippen molar-refractivity contribution in [3.63, 3.8) is 0 Å². The van der Waals surface area contributed by atoms with Crippen LogP contribution in [0.3, 0.4) is 0 Å². The molecule has 1 fully saturated rings. The first-order valence-electron chi connectivity index (χ1n) is 9.68. The van der Waals surface area contributed by atoms with Crippen LogP contribution in [-0.4, -0.2) is 40.6 Å². The molecular weight excluding hydrogens is 428 g/mol. The molecule has 1 saturated heterocycles. The van der Waals surface area contributed by atoms with Crippen molar-refractivity contribution in [3.05, 3.63) is 52.1 Å². The van der Waals surface area contributed by atoms with E-state index in [9.17, 15) is 8.42 Å². The summed E-state index contributed by atoms with van der Waals surface area (Å²) in [6, 6.07) is 7.21. The summed E-state index contributed by atoms with van der Waals surface area (Å²) < 4.78 is 29.0. The largest absolute Gasteiger partial charge is 0.268 e. The van der Waals surface area contributed by atoms with Gasteiger partial charge in [0.1, 0.15) is 0 Å². The third-order valence-corrected chi connectivity index (χ3v) is 8.13. The highest BCUT2D eigenvalue weighted by Crippen LogP contribution is 2.27. The van der Waals surface area contributed by atoms with Crippen molar-refractivity contribution in [1.82, 2.24) is 19.1 Å². The lowest BCUT2D eigenvalue weighted by Gasteiger charge is -2.25. The van der Waals surface area contributed by atoms with Gasteiger partial charge in [0.2, 0.25) is 10.0 Å². The molecule has 1 unspecified atom stereocenters. The number of sulfonamides is 1. The normalized spacial score (nSPS) is 16.8. The summed E-state index contributed by atoms with van der Waals surface area (Å²) >= 11 is 7.54. The lowest BCUT2D eigenvalue weighted by atomic mass is 10.2. The average molecular weight is 451 g/mol. The Morgan fingerprint density at radius 2 is 1.90 bits per heavy atom. The van der Waals surface area contributed by atoms with E-state index < -0.39 is 10.0 Å². The molecule has 0 bridgehead atoms. The molecule has 0 N–H and O–H groups in total. The van der Waals surface area contributed by atoms with Gasteiger partial charge in [0.15, 0.2) is 0 Å². The van der Waals surface area contributed by atoms with Gasteiger partial charge in [-0.15, -0.1) is 11.3 Å². The first-order valence-corrected chi connectivity index (χ1v) is 12.4. The van der Waals surface area contributed by atoms with Crippen LogP contribution < -0.4 is 0 Å². The minimum absolute atomic E-state index is 0.151. The summed E-state index contributed by atoms with van der Waals surface area (Å²) in [7, 11) is -3.41. The van der Waals surface area contributed by atoms with E-state index >= 15 is 0 Å². The molecule has 0 aliphatic carbocycles. The maximum atomic E-state index is 12.8. The van der Waals surface area contributed by atoms with Crippen LogP contribution in [0.5, 0.6) is 0 Å². The van der Waals surface area contributed by atoms with Gasteiger partial charge in [0.25, 0.3) is 0 Å². The fraction of sp³-hybridized carbons (Fsp3) is 0.400. The topological polar surface area (TPSA) is 68.1 Å². The number of hydrogen-bond acceptors (Lipinski definition) is 5. The maximum absolute atomic E-state index is 12.8. The second-order valence-electron chi connectivity index (χ2n) is 7.31. The molecule has 2 aromatic heterocycles. The average Bonchev–Trinajstić information content (AvgIpc) is 3.38. The molecule has 3 heterocycles. The molecule has 0 amide bonds. The first kappa shape index (κ1) is 20.5. The molecule has 4 rings (SSSR count). The van der Waals surface area contributed by atoms with E-state index in [0.29, 0.717) is 23.0 Å². The Morgan fingerprint density at radius 3 is 2.55 bits per heavy atom. The highest BCUT2D eigenvalue weighted by molar-refractivity contribution is 7.89. The molecule has 1 aliphatic heterocycles. The van der Waals surface area contributed by atoms with E-state index in [1.165, 1.54) is 0 Å². The van der Waals surface area contributed by atoms with Gasteiger partial charge in [-0.3, -0.25) is 4.68 Å². The van der Waals surface area contributed by atoms with E-state index in [1.807, 2.05) is 28.4 Å². The predicted octanol–water partition coefficient (Wildman–Crippen LogP) is 4.64. The smallest absolute Gasteiger partial charge is 0.243 e. The molecule has 0 saturated carbocycles. The van der Waals surface area contributed by atoms with Crippen LogP contribution in [0, 0.1) is 0 Å². The number of piperidine rings is 1. The summed E-state index contributed by atoms with van der Waals surface area (Å²) in [4.78, 5) is 5.07. The molecule has 1 aliphatic rings. The zero-order valence-electron chi connectivity index (χ0n) is 16.2. The molecule has 3 aromatic rings. The Kier molecular flexibility index (Phi) is 6.06. The molecule has 29 heavy (non-hydrogen) atoms. The molecular formula is C20H23ClN4O2S2. The van der Waals surface area contributed by atoms with Gasteiger partial charge >= 0.3 is 0 Å². The lowest BCUT2D eigenvalue weighted by Crippen LogP contribution is -2.35. The summed E-state index contributed by atoms with van der Waals surface area (Å²) in [5.41, 5.74) is 1.78. The molecule has 1 atom stereocenters. The van der Waals surface area contributed by atoms with Crippen molar-refractivity contribution < 1.29 is 8.42 Å². The van der Waals surface area contributed by atoms with Gasteiger partial charge < -0.3 is 0 Å². The number of benzene rings is 1. The van der Waals surface area contributed by atoms with E-state index in [4.69, 9.17) is 16.6 Å². The van der Waals surface area contributed by atoms with Crippen molar-refractivity contribution in [2.24, 2.45) is 0 Å². The van der Waals surface area contributed by atoms with Gasteiger partial charge in [-0.05, 0) is 31.9 Å². The number of nitrogens with zero attached hydrogens (tertiary/aromatic N) is 4. The Labute approximate surface area is 180 Å². The fourth-order valence-electron chi connectivity index (χ4n) is 3.49. The summed E-state index contributed by atoms with van der Waals surface area (Å²) in [6.07, 6.45) is 7.16. The summed E-state index contributed by atoms with van der Waals surface area (Å²) in [5, 5.41) is 7.88.